The second-order valence-corrected chi connectivity index (χ2v) is 8.31. The molecule has 0 aliphatic rings. The van der Waals surface area contributed by atoms with Gasteiger partial charge < -0.3 is 10.6 Å². The van der Waals surface area contributed by atoms with Crippen molar-refractivity contribution < 1.29 is 18.0 Å². The van der Waals surface area contributed by atoms with Crippen LogP contribution in [0.2, 0.25) is 0 Å². The van der Waals surface area contributed by atoms with Crippen LogP contribution in [0.1, 0.15) is 40.5 Å². The van der Waals surface area contributed by atoms with E-state index in [1.165, 1.54) is 0 Å². The van der Waals surface area contributed by atoms with Crippen molar-refractivity contribution in [1.29, 1.82) is 0 Å². The SMILES string of the molecule is C=CC(=O)NC(C)(CC)CS(=O)(=O)CC(C)(CC)NC(=O)C=C. The fourth-order valence-electron chi connectivity index (χ4n) is 2.17. The molecule has 0 aromatic rings. The van der Waals surface area contributed by atoms with Crippen molar-refractivity contribution in [3.05, 3.63) is 25.3 Å². The van der Waals surface area contributed by atoms with E-state index < -0.39 is 32.7 Å². The number of hydrogen-bond donors (Lipinski definition) is 2. The predicted octanol–water partition coefficient (Wildman–Crippen LogP) is 1.34. The fraction of sp³-hybridized carbons (Fsp3) is 0.625. The molecule has 0 aliphatic carbocycles. The van der Waals surface area contributed by atoms with Crippen LogP contribution in [0.3, 0.4) is 0 Å². The van der Waals surface area contributed by atoms with Gasteiger partial charge in [0, 0.05) is 0 Å². The molecule has 0 spiro atoms. The second kappa shape index (κ2) is 8.29. The summed E-state index contributed by atoms with van der Waals surface area (Å²) in [4.78, 5) is 23.0. The molecule has 7 heteroatoms. The van der Waals surface area contributed by atoms with Gasteiger partial charge in [0.15, 0.2) is 9.84 Å². The average molecular weight is 344 g/mol. The van der Waals surface area contributed by atoms with Crippen LogP contribution < -0.4 is 10.6 Å². The van der Waals surface area contributed by atoms with Crippen molar-refractivity contribution >= 4 is 21.7 Å². The maximum Gasteiger partial charge on any atom is 0.243 e. The van der Waals surface area contributed by atoms with E-state index in [0.717, 1.165) is 12.2 Å². The summed E-state index contributed by atoms with van der Waals surface area (Å²) in [6.07, 6.45) is 3.13. The summed E-state index contributed by atoms with van der Waals surface area (Å²) in [6.45, 7) is 13.7. The maximum atomic E-state index is 12.6. The minimum absolute atomic E-state index is 0.213. The summed E-state index contributed by atoms with van der Waals surface area (Å²) in [5.74, 6) is -1.25. The quantitative estimate of drug-likeness (QED) is 0.585. The van der Waals surface area contributed by atoms with Crippen LogP contribution in [0, 0.1) is 0 Å². The third kappa shape index (κ3) is 7.45. The normalized spacial score (nSPS) is 16.5. The second-order valence-electron chi connectivity index (χ2n) is 6.25. The molecule has 6 nitrogen and oxygen atoms in total. The molecule has 0 bridgehead atoms. The van der Waals surface area contributed by atoms with Crippen molar-refractivity contribution in [3.63, 3.8) is 0 Å². The van der Waals surface area contributed by atoms with Gasteiger partial charge in [-0.25, -0.2) is 8.42 Å². The van der Waals surface area contributed by atoms with Crippen molar-refractivity contribution in [2.24, 2.45) is 0 Å². The van der Waals surface area contributed by atoms with E-state index in [0.29, 0.717) is 12.8 Å². The van der Waals surface area contributed by atoms with E-state index in [2.05, 4.69) is 23.8 Å². The topological polar surface area (TPSA) is 92.3 Å². The Hall–Kier alpha value is -1.63. The fourth-order valence-corrected chi connectivity index (χ4v) is 4.77. The lowest BCUT2D eigenvalue weighted by Crippen LogP contribution is -2.54. The Morgan fingerprint density at radius 1 is 0.913 bits per heavy atom. The van der Waals surface area contributed by atoms with Gasteiger partial charge in [0.05, 0.1) is 22.6 Å². The summed E-state index contributed by atoms with van der Waals surface area (Å²) in [5, 5.41) is 5.33. The van der Waals surface area contributed by atoms with Crippen LogP contribution in [0.15, 0.2) is 25.3 Å². The molecule has 2 amide bonds. The van der Waals surface area contributed by atoms with Gasteiger partial charge in [-0.3, -0.25) is 9.59 Å². The van der Waals surface area contributed by atoms with Crippen molar-refractivity contribution in [2.75, 3.05) is 11.5 Å². The molecule has 0 saturated heterocycles. The number of carbonyl (C=O) groups is 2. The number of nitrogens with one attached hydrogen (secondary N) is 2. The highest BCUT2D eigenvalue weighted by Crippen LogP contribution is 2.19. The first-order chi connectivity index (χ1) is 10.4. The molecule has 0 saturated carbocycles. The van der Waals surface area contributed by atoms with E-state index in [9.17, 15) is 18.0 Å². The van der Waals surface area contributed by atoms with E-state index in [1.54, 1.807) is 27.7 Å². The third-order valence-corrected chi connectivity index (χ3v) is 6.01. The zero-order chi connectivity index (χ0) is 18.3. The Labute approximate surface area is 139 Å². The van der Waals surface area contributed by atoms with Gasteiger partial charge in [0.1, 0.15) is 0 Å². The zero-order valence-electron chi connectivity index (χ0n) is 14.4. The van der Waals surface area contributed by atoms with Gasteiger partial charge in [-0.1, -0.05) is 27.0 Å². The molecule has 132 valence electrons. The monoisotopic (exact) mass is 344 g/mol. The lowest BCUT2D eigenvalue weighted by atomic mass is 10.0. The summed E-state index contributed by atoms with van der Waals surface area (Å²) < 4.78 is 25.1. The van der Waals surface area contributed by atoms with Crippen molar-refractivity contribution in [2.45, 2.75) is 51.6 Å². The molecule has 0 rings (SSSR count). The molecular weight excluding hydrogens is 316 g/mol. The predicted molar refractivity (Wildman–Crippen MR) is 92.7 cm³/mol. The minimum Gasteiger partial charge on any atom is -0.346 e. The van der Waals surface area contributed by atoms with Crippen LogP contribution in [-0.2, 0) is 19.4 Å². The molecule has 0 aromatic carbocycles. The Morgan fingerprint density at radius 3 is 1.43 bits per heavy atom. The van der Waals surface area contributed by atoms with Crippen LogP contribution in [-0.4, -0.2) is 42.8 Å². The van der Waals surface area contributed by atoms with Gasteiger partial charge in [0.25, 0.3) is 0 Å². The Balaban J connectivity index is 5.23. The minimum atomic E-state index is -3.53. The molecule has 0 heterocycles. The first-order valence-corrected chi connectivity index (χ1v) is 9.36. The molecular formula is C16H28N2O4S. The maximum absolute atomic E-state index is 12.6. The van der Waals surface area contributed by atoms with Gasteiger partial charge in [-0.15, -0.1) is 0 Å². The first-order valence-electron chi connectivity index (χ1n) is 7.54. The summed E-state index contributed by atoms with van der Waals surface area (Å²) >= 11 is 0. The number of rotatable bonds is 10. The van der Waals surface area contributed by atoms with Gasteiger partial charge in [0.2, 0.25) is 11.8 Å². The van der Waals surface area contributed by atoms with Gasteiger partial charge in [-0.05, 0) is 38.8 Å². The molecule has 0 aliphatic heterocycles. The third-order valence-electron chi connectivity index (χ3n) is 3.86. The Kier molecular flexibility index (Phi) is 7.70. The number of carbonyl (C=O) groups excluding carboxylic acids is 2. The highest BCUT2D eigenvalue weighted by Gasteiger charge is 2.36. The molecule has 2 atom stereocenters. The van der Waals surface area contributed by atoms with Crippen LogP contribution in [0.5, 0.6) is 0 Å². The van der Waals surface area contributed by atoms with Crippen molar-refractivity contribution in [1.82, 2.24) is 10.6 Å². The van der Waals surface area contributed by atoms with Crippen LogP contribution in [0.4, 0.5) is 0 Å². The zero-order valence-corrected chi connectivity index (χ0v) is 15.3. The molecule has 2 N–H and O–H groups in total. The van der Waals surface area contributed by atoms with E-state index >= 15 is 0 Å². The summed E-state index contributed by atoms with van der Waals surface area (Å²) in [6, 6.07) is 0. The standard InChI is InChI=1S/C16H28N2O4S/c1-7-13(19)17-15(5,9-3)11-23(21,22)12-16(6,10-4)18-14(20)8-2/h7-8H,1-2,9-12H2,3-6H3,(H,17,19)(H,18,20). The molecule has 2 unspecified atom stereocenters. The highest BCUT2D eigenvalue weighted by atomic mass is 32.2. The highest BCUT2D eigenvalue weighted by molar-refractivity contribution is 7.91. The van der Waals surface area contributed by atoms with Crippen LogP contribution in [0.25, 0.3) is 0 Å². The molecule has 23 heavy (non-hydrogen) atoms. The molecule has 0 fully saturated rings. The lowest BCUT2D eigenvalue weighted by Gasteiger charge is -2.33. The Bertz CT molecular complexity index is 527. The number of sulfone groups is 1. The smallest absolute Gasteiger partial charge is 0.243 e. The van der Waals surface area contributed by atoms with Gasteiger partial charge in [-0.2, -0.15) is 0 Å². The van der Waals surface area contributed by atoms with E-state index in [4.69, 9.17) is 0 Å². The molecule has 0 aromatic heterocycles. The van der Waals surface area contributed by atoms with E-state index in [1.807, 2.05) is 0 Å². The Morgan fingerprint density at radius 2 is 1.22 bits per heavy atom. The summed E-state index contributed by atoms with van der Waals surface area (Å²) in [5.41, 5.74) is -1.78. The molecule has 0 radical (unpaired) electrons. The van der Waals surface area contributed by atoms with Crippen LogP contribution >= 0.6 is 0 Å². The lowest BCUT2D eigenvalue weighted by molar-refractivity contribution is -0.118. The number of hydrogen-bond acceptors (Lipinski definition) is 4. The number of amides is 2. The average Bonchev–Trinajstić information content (AvgIpc) is 2.45. The van der Waals surface area contributed by atoms with E-state index in [-0.39, 0.29) is 11.5 Å². The van der Waals surface area contributed by atoms with Crippen molar-refractivity contribution in [3.8, 4) is 0 Å². The first kappa shape index (κ1) is 21.4. The largest absolute Gasteiger partial charge is 0.346 e. The van der Waals surface area contributed by atoms with Gasteiger partial charge >= 0.3 is 0 Å². The summed E-state index contributed by atoms with van der Waals surface area (Å²) in [7, 11) is -3.53.